The highest BCUT2D eigenvalue weighted by Crippen LogP contribution is 2.48. The highest BCUT2D eigenvalue weighted by atomic mass is 35.5. The van der Waals surface area contributed by atoms with Crippen LogP contribution in [-0.4, -0.2) is 54.1 Å². The number of fused-ring (bicyclic) bond motifs is 4. The van der Waals surface area contributed by atoms with E-state index in [1.807, 2.05) is 19.2 Å². The van der Waals surface area contributed by atoms with Gasteiger partial charge in [-0.3, -0.25) is 9.78 Å². The molecule has 1 amide bonds. The van der Waals surface area contributed by atoms with E-state index in [9.17, 15) is 4.79 Å². The molecule has 1 aromatic carbocycles. The summed E-state index contributed by atoms with van der Waals surface area (Å²) in [7, 11) is 1.83. The smallest absolute Gasteiger partial charge is 0.229 e. The van der Waals surface area contributed by atoms with Crippen molar-refractivity contribution in [2.45, 2.75) is 24.7 Å². The molecule has 37 heavy (non-hydrogen) atoms. The molecule has 5 heterocycles. The molecule has 2 unspecified atom stereocenters. The van der Waals surface area contributed by atoms with Crippen molar-refractivity contribution in [3.05, 3.63) is 42.4 Å². The number of primary amides is 1. The first-order chi connectivity index (χ1) is 17.5. The fourth-order valence-corrected chi connectivity index (χ4v) is 6.06. The van der Waals surface area contributed by atoms with Crippen LogP contribution in [0.1, 0.15) is 25.0 Å². The Labute approximate surface area is 220 Å². The van der Waals surface area contributed by atoms with E-state index < -0.39 is 5.41 Å². The van der Waals surface area contributed by atoms with Gasteiger partial charge in [0.1, 0.15) is 11.3 Å². The van der Waals surface area contributed by atoms with Gasteiger partial charge in [0.15, 0.2) is 5.58 Å². The van der Waals surface area contributed by atoms with Gasteiger partial charge in [-0.15, -0.1) is 12.4 Å². The van der Waals surface area contributed by atoms with Crippen LogP contribution >= 0.6 is 12.4 Å². The topological polar surface area (TPSA) is 122 Å². The quantitative estimate of drug-likeness (QED) is 0.366. The number of nitrogens with zero attached hydrogens (tertiary/aromatic N) is 4. The molecule has 3 aliphatic rings. The first kappa shape index (κ1) is 23.9. The van der Waals surface area contributed by atoms with Gasteiger partial charge in [0.2, 0.25) is 11.8 Å². The van der Waals surface area contributed by atoms with Crippen LogP contribution in [0.4, 0.5) is 11.5 Å². The molecule has 192 valence electrons. The van der Waals surface area contributed by atoms with Crippen LogP contribution in [0, 0.1) is 11.8 Å². The number of halogens is 1. The van der Waals surface area contributed by atoms with E-state index in [0.717, 1.165) is 66.5 Å². The number of carbonyl (C=O) groups is 1. The second-order valence-electron chi connectivity index (χ2n) is 10.5. The second-order valence-corrected chi connectivity index (χ2v) is 10.5. The van der Waals surface area contributed by atoms with Crippen molar-refractivity contribution in [2.75, 3.05) is 43.4 Å². The van der Waals surface area contributed by atoms with Crippen LogP contribution < -0.4 is 21.3 Å². The lowest BCUT2D eigenvalue weighted by atomic mass is 9.85. The maximum absolute atomic E-state index is 12.2. The lowest BCUT2D eigenvalue weighted by Gasteiger charge is -2.42. The SMILES string of the molecule is CNc1ncc(-c2nc3cc(N4CC5CNCC(C5)C4)ccc3o2)c2cc(C3(C(N)=O)CC3)ncc12.Cl. The van der Waals surface area contributed by atoms with Crippen LogP contribution in [0.2, 0.25) is 0 Å². The summed E-state index contributed by atoms with van der Waals surface area (Å²) in [6.45, 7) is 4.33. The molecule has 7 rings (SSSR count). The number of hydrogen-bond acceptors (Lipinski definition) is 8. The monoisotopic (exact) mass is 519 g/mol. The molecule has 4 N–H and O–H groups in total. The zero-order valence-electron chi connectivity index (χ0n) is 20.7. The molecule has 3 fully saturated rings. The van der Waals surface area contributed by atoms with Crippen LogP contribution in [0.5, 0.6) is 0 Å². The van der Waals surface area contributed by atoms with Crippen molar-refractivity contribution in [1.29, 1.82) is 0 Å². The molecular formula is C27H30ClN7O2. The Balaban J connectivity index is 0.00000252. The van der Waals surface area contributed by atoms with E-state index in [-0.39, 0.29) is 18.3 Å². The number of aromatic nitrogens is 3. The predicted molar refractivity (Wildman–Crippen MR) is 146 cm³/mol. The van der Waals surface area contributed by atoms with Gasteiger partial charge in [0, 0.05) is 49.0 Å². The molecule has 1 aliphatic carbocycles. The first-order valence-corrected chi connectivity index (χ1v) is 12.7. The third-order valence-corrected chi connectivity index (χ3v) is 8.18. The van der Waals surface area contributed by atoms with Gasteiger partial charge in [-0.2, -0.15) is 0 Å². The summed E-state index contributed by atoms with van der Waals surface area (Å²) < 4.78 is 6.23. The number of pyridine rings is 2. The summed E-state index contributed by atoms with van der Waals surface area (Å²) in [5.74, 6) is 2.28. The molecule has 9 nitrogen and oxygen atoms in total. The number of carbonyl (C=O) groups excluding carboxylic acids is 1. The van der Waals surface area contributed by atoms with Crippen molar-refractivity contribution in [3.63, 3.8) is 0 Å². The Kier molecular flexibility index (Phi) is 5.72. The fourth-order valence-electron chi connectivity index (χ4n) is 6.06. The first-order valence-electron chi connectivity index (χ1n) is 12.7. The number of oxazole rings is 1. The molecular weight excluding hydrogens is 490 g/mol. The predicted octanol–water partition coefficient (Wildman–Crippen LogP) is 3.46. The number of anilines is 2. The largest absolute Gasteiger partial charge is 0.436 e. The molecule has 2 aliphatic heterocycles. The van der Waals surface area contributed by atoms with Gasteiger partial charge in [0.05, 0.1) is 16.7 Å². The van der Waals surface area contributed by atoms with Crippen LogP contribution in [0.15, 0.2) is 41.1 Å². The third-order valence-electron chi connectivity index (χ3n) is 8.18. The Morgan fingerprint density at radius 3 is 2.62 bits per heavy atom. The molecule has 10 heteroatoms. The zero-order valence-corrected chi connectivity index (χ0v) is 21.5. The van der Waals surface area contributed by atoms with E-state index >= 15 is 0 Å². The Hall–Kier alpha value is -3.43. The van der Waals surface area contributed by atoms with E-state index in [1.165, 1.54) is 12.1 Å². The molecule has 1 saturated carbocycles. The van der Waals surface area contributed by atoms with Gasteiger partial charge in [-0.1, -0.05) is 0 Å². The summed E-state index contributed by atoms with van der Waals surface area (Å²) in [5.41, 5.74) is 9.27. The number of nitrogens with one attached hydrogen (secondary N) is 2. The van der Waals surface area contributed by atoms with Crippen molar-refractivity contribution >= 4 is 51.7 Å². The maximum atomic E-state index is 12.2. The second kappa shape index (κ2) is 8.85. The van der Waals surface area contributed by atoms with Crippen LogP contribution in [-0.2, 0) is 10.2 Å². The summed E-state index contributed by atoms with van der Waals surface area (Å²) in [4.78, 5) is 28.7. The molecule has 2 bridgehead atoms. The molecule has 3 aromatic heterocycles. The van der Waals surface area contributed by atoms with Crippen LogP contribution in [0.3, 0.4) is 0 Å². The maximum Gasteiger partial charge on any atom is 0.229 e. The van der Waals surface area contributed by atoms with Crippen molar-refractivity contribution < 1.29 is 9.21 Å². The number of amides is 1. The molecule has 2 atom stereocenters. The normalized spacial score (nSPS) is 22.0. The number of hydrogen-bond donors (Lipinski definition) is 3. The van der Waals surface area contributed by atoms with E-state index in [2.05, 4.69) is 37.6 Å². The van der Waals surface area contributed by atoms with Crippen LogP contribution in [0.25, 0.3) is 33.3 Å². The minimum absolute atomic E-state index is 0. The van der Waals surface area contributed by atoms with Crippen molar-refractivity contribution in [1.82, 2.24) is 20.3 Å². The van der Waals surface area contributed by atoms with Gasteiger partial charge in [-0.05, 0) is 68.5 Å². The summed E-state index contributed by atoms with van der Waals surface area (Å²) in [6, 6.07) is 8.23. The molecule has 2 saturated heterocycles. The number of piperidine rings is 2. The lowest BCUT2D eigenvalue weighted by molar-refractivity contribution is -0.120. The zero-order chi connectivity index (χ0) is 24.4. The molecule has 4 aromatic rings. The highest BCUT2D eigenvalue weighted by Gasteiger charge is 2.51. The summed E-state index contributed by atoms with van der Waals surface area (Å²) >= 11 is 0. The summed E-state index contributed by atoms with van der Waals surface area (Å²) in [5, 5.41) is 8.42. The standard InChI is InChI=1S/C27H29N7O2.ClH/c1-29-24-19-11-31-23(27(4-5-27)26(28)35)8-18(19)20(12-32-24)25-33-21-7-17(2-3-22(21)36-25)34-13-15-6-16(14-34)10-30-9-15;/h2-3,7-8,11-12,15-16,30H,4-6,9-10,13-14H2,1H3,(H2,28,35)(H,29,32);1H. The molecule has 0 radical (unpaired) electrons. The minimum atomic E-state index is -0.674. The van der Waals surface area contributed by atoms with E-state index in [1.54, 1.807) is 12.4 Å². The fraction of sp³-hybridized carbons (Fsp3) is 0.407. The lowest BCUT2D eigenvalue weighted by Crippen LogP contribution is -2.51. The Bertz CT molecular complexity index is 1500. The number of rotatable bonds is 5. The van der Waals surface area contributed by atoms with E-state index in [4.69, 9.17) is 15.1 Å². The molecule has 0 spiro atoms. The highest BCUT2D eigenvalue weighted by molar-refractivity contribution is 6.02. The van der Waals surface area contributed by atoms with Crippen molar-refractivity contribution in [3.8, 4) is 11.5 Å². The van der Waals surface area contributed by atoms with Gasteiger partial charge >= 0.3 is 0 Å². The van der Waals surface area contributed by atoms with Crippen molar-refractivity contribution in [2.24, 2.45) is 17.6 Å². The minimum Gasteiger partial charge on any atom is -0.436 e. The number of nitrogens with two attached hydrogens (primary N) is 1. The average molecular weight is 520 g/mol. The third kappa shape index (κ3) is 3.88. The Morgan fingerprint density at radius 2 is 1.92 bits per heavy atom. The number of benzene rings is 1. The van der Waals surface area contributed by atoms with Gasteiger partial charge in [-0.25, -0.2) is 9.97 Å². The summed E-state index contributed by atoms with van der Waals surface area (Å²) in [6.07, 6.45) is 6.29. The van der Waals surface area contributed by atoms with E-state index in [0.29, 0.717) is 29.2 Å². The Morgan fingerprint density at radius 1 is 1.14 bits per heavy atom. The van der Waals surface area contributed by atoms with Gasteiger partial charge < -0.3 is 25.7 Å². The average Bonchev–Trinajstić information content (AvgIpc) is 3.61. The van der Waals surface area contributed by atoms with Gasteiger partial charge in [0.25, 0.3) is 0 Å².